The van der Waals surface area contributed by atoms with Crippen molar-refractivity contribution in [1.29, 1.82) is 0 Å². The maximum Gasteiger partial charge on any atom is 0.251 e. The van der Waals surface area contributed by atoms with Crippen LogP contribution in [0.3, 0.4) is 0 Å². The van der Waals surface area contributed by atoms with E-state index >= 15 is 0 Å². The lowest BCUT2D eigenvalue weighted by Gasteiger charge is -2.36. The molecule has 1 amide bonds. The second kappa shape index (κ2) is 14.6. The minimum atomic E-state index is -0.0513. The molecule has 0 saturated carbocycles. The van der Waals surface area contributed by atoms with E-state index in [0.29, 0.717) is 30.6 Å². The van der Waals surface area contributed by atoms with E-state index in [2.05, 4.69) is 41.6 Å². The zero-order valence-electron chi connectivity index (χ0n) is 18.7. The first kappa shape index (κ1) is 26.6. The number of aryl methyl sites for hydroxylation is 1. The molecule has 0 spiro atoms. The molecule has 0 aromatic heterocycles. The van der Waals surface area contributed by atoms with E-state index in [9.17, 15) is 4.79 Å². The lowest BCUT2D eigenvalue weighted by atomic mass is 10.0. The SMILES string of the molecule is CCNC(=NCC(C(C)C)N1CCOCC1)NCCNC(=O)c1cccc(C)c1.I. The predicted molar refractivity (Wildman–Crippen MR) is 134 cm³/mol. The molecule has 0 radical (unpaired) electrons. The van der Waals surface area contributed by atoms with Crippen molar-refractivity contribution < 1.29 is 9.53 Å². The summed E-state index contributed by atoms with van der Waals surface area (Å²) in [4.78, 5) is 19.5. The Labute approximate surface area is 198 Å². The van der Waals surface area contributed by atoms with Gasteiger partial charge in [-0.25, -0.2) is 0 Å². The van der Waals surface area contributed by atoms with Crippen molar-refractivity contribution in [2.75, 3.05) is 52.5 Å². The van der Waals surface area contributed by atoms with E-state index in [4.69, 9.17) is 9.73 Å². The number of nitrogens with zero attached hydrogens (tertiary/aromatic N) is 2. The number of hydrogen-bond donors (Lipinski definition) is 3. The van der Waals surface area contributed by atoms with Gasteiger partial charge in [0.1, 0.15) is 0 Å². The number of ether oxygens (including phenoxy) is 1. The minimum Gasteiger partial charge on any atom is -0.379 e. The maximum absolute atomic E-state index is 12.2. The van der Waals surface area contributed by atoms with Crippen molar-refractivity contribution in [3.8, 4) is 0 Å². The molecular formula is C22H38IN5O2. The number of carbonyl (C=O) groups is 1. The van der Waals surface area contributed by atoms with Gasteiger partial charge in [-0.05, 0) is 31.9 Å². The molecule has 1 unspecified atom stereocenters. The monoisotopic (exact) mass is 531 g/mol. The van der Waals surface area contributed by atoms with Crippen LogP contribution in [0.5, 0.6) is 0 Å². The summed E-state index contributed by atoms with van der Waals surface area (Å²) in [6.07, 6.45) is 0. The zero-order chi connectivity index (χ0) is 21.1. The van der Waals surface area contributed by atoms with Gasteiger partial charge in [0.25, 0.3) is 5.91 Å². The maximum atomic E-state index is 12.2. The molecule has 7 nitrogen and oxygen atoms in total. The number of rotatable bonds is 9. The average Bonchev–Trinajstić information content (AvgIpc) is 2.71. The fraction of sp³-hybridized carbons (Fsp3) is 0.636. The smallest absolute Gasteiger partial charge is 0.251 e. The van der Waals surface area contributed by atoms with E-state index in [1.165, 1.54) is 0 Å². The summed E-state index contributed by atoms with van der Waals surface area (Å²) in [6, 6.07) is 8.01. The molecule has 1 saturated heterocycles. The van der Waals surface area contributed by atoms with Crippen molar-refractivity contribution in [3.05, 3.63) is 35.4 Å². The molecule has 1 aliphatic rings. The van der Waals surface area contributed by atoms with E-state index in [0.717, 1.165) is 50.9 Å². The summed E-state index contributed by atoms with van der Waals surface area (Å²) in [6.45, 7) is 14.7. The third-order valence-corrected chi connectivity index (χ3v) is 5.05. The van der Waals surface area contributed by atoms with E-state index in [1.54, 1.807) is 0 Å². The first-order valence-electron chi connectivity index (χ1n) is 10.7. The molecule has 170 valence electrons. The molecule has 1 aliphatic heterocycles. The highest BCUT2D eigenvalue weighted by Gasteiger charge is 2.23. The Morgan fingerprint density at radius 1 is 1.17 bits per heavy atom. The lowest BCUT2D eigenvalue weighted by Crippen LogP contribution is -2.48. The molecule has 2 rings (SSSR count). The van der Waals surface area contributed by atoms with Gasteiger partial charge in [0.15, 0.2) is 5.96 Å². The fourth-order valence-corrected chi connectivity index (χ4v) is 3.43. The second-order valence-corrected chi connectivity index (χ2v) is 7.73. The highest BCUT2D eigenvalue weighted by molar-refractivity contribution is 14.0. The number of halogens is 1. The summed E-state index contributed by atoms with van der Waals surface area (Å²) in [5.74, 6) is 1.26. The highest BCUT2D eigenvalue weighted by atomic mass is 127. The Morgan fingerprint density at radius 2 is 1.87 bits per heavy atom. The number of amides is 1. The summed E-state index contributed by atoms with van der Waals surface area (Å²) in [7, 11) is 0. The molecule has 0 bridgehead atoms. The Hall–Kier alpha value is -1.39. The fourth-order valence-electron chi connectivity index (χ4n) is 3.43. The van der Waals surface area contributed by atoms with E-state index < -0.39 is 0 Å². The zero-order valence-corrected chi connectivity index (χ0v) is 21.1. The molecular weight excluding hydrogens is 493 g/mol. The van der Waals surface area contributed by atoms with Gasteiger partial charge >= 0.3 is 0 Å². The van der Waals surface area contributed by atoms with Crippen LogP contribution in [0.1, 0.15) is 36.7 Å². The van der Waals surface area contributed by atoms with Crippen molar-refractivity contribution in [2.45, 2.75) is 33.7 Å². The lowest BCUT2D eigenvalue weighted by molar-refractivity contribution is 0.00867. The Balaban J connectivity index is 0.00000450. The highest BCUT2D eigenvalue weighted by Crippen LogP contribution is 2.13. The molecule has 1 atom stereocenters. The van der Waals surface area contributed by atoms with Gasteiger partial charge in [-0.3, -0.25) is 14.7 Å². The summed E-state index contributed by atoms with van der Waals surface area (Å²) >= 11 is 0. The van der Waals surface area contributed by atoms with Crippen LogP contribution in [-0.2, 0) is 4.74 Å². The van der Waals surface area contributed by atoms with Crippen molar-refractivity contribution in [3.63, 3.8) is 0 Å². The van der Waals surface area contributed by atoms with Gasteiger partial charge in [0.05, 0.1) is 19.8 Å². The molecule has 1 fully saturated rings. The van der Waals surface area contributed by atoms with Crippen molar-refractivity contribution in [1.82, 2.24) is 20.9 Å². The quantitative estimate of drug-likeness (QED) is 0.197. The Bertz CT molecular complexity index is 663. The van der Waals surface area contributed by atoms with Crippen LogP contribution in [0.15, 0.2) is 29.3 Å². The number of nitrogens with one attached hydrogen (secondary N) is 3. The van der Waals surface area contributed by atoms with Gasteiger partial charge in [-0.15, -0.1) is 24.0 Å². The third kappa shape index (κ3) is 9.18. The van der Waals surface area contributed by atoms with Crippen LogP contribution in [-0.4, -0.2) is 75.3 Å². The second-order valence-electron chi connectivity index (χ2n) is 7.73. The van der Waals surface area contributed by atoms with Crippen LogP contribution in [0.2, 0.25) is 0 Å². The van der Waals surface area contributed by atoms with Crippen LogP contribution < -0.4 is 16.0 Å². The Morgan fingerprint density at radius 3 is 2.50 bits per heavy atom. The van der Waals surface area contributed by atoms with Gasteiger partial charge < -0.3 is 20.7 Å². The van der Waals surface area contributed by atoms with Crippen LogP contribution >= 0.6 is 24.0 Å². The summed E-state index contributed by atoms with van der Waals surface area (Å²) in [5, 5.41) is 9.56. The molecule has 3 N–H and O–H groups in total. The van der Waals surface area contributed by atoms with E-state index in [-0.39, 0.29) is 29.9 Å². The molecule has 30 heavy (non-hydrogen) atoms. The largest absolute Gasteiger partial charge is 0.379 e. The molecule has 1 aromatic rings. The topological polar surface area (TPSA) is 78.0 Å². The third-order valence-electron chi connectivity index (χ3n) is 5.05. The Kier molecular flexibility index (Phi) is 13.0. The molecule has 1 aromatic carbocycles. The number of aliphatic imine (C=N–C) groups is 1. The van der Waals surface area contributed by atoms with Crippen LogP contribution in [0.4, 0.5) is 0 Å². The van der Waals surface area contributed by atoms with Crippen LogP contribution in [0, 0.1) is 12.8 Å². The first-order chi connectivity index (χ1) is 14.0. The van der Waals surface area contributed by atoms with Crippen molar-refractivity contribution >= 4 is 35.8 Å². The molecule has 1 heterocycles. The summed E-state index contributed by atoms with van der Waals surface area (Å²) in [5.41, 5.74) is 1.77. The number of guanidine groups is 1. The first-order valence-corrected chi connectivity index (χ1v) is 10.7. The van der Waals surface area contributed by atoms with Gasteiger partial charge in [-0.2, -0.15) is 0 Å². The number of carbonyl (C=O) groups excluding carboxylic acids is 1. The van der Waals surface area contributed by atoms with Crippen molar-refractivity contribution in [2.24, 2.45) is 10.9 Å². The predicted octanol–water partition coefficient (Wildman–Crippen LogP) is 2.25. The number of hydrogen-bond acceptors (Lipinski definition) is 4. The molecule has 8 heteroatoms. The van der Waals surface area contributed by atoms with Gasteiger partial charge in [0.2, 0.25) is 0 Å². The number of benzene rings is 1. The normalized spacial score (nSPS) is 16.0. The van der Waals surface area contributed by atoms with E-state index in [1.807, 2.05) is 31.2 Å². The van der Waals surface area contributed by atoms with Gasteiger partial charge in [0, 0.05) is 44.3 Å². The molecule has 0 aliphatic carbocycles. The standard InChI is InChI=1S/C22H37N5O2.HI/c1-5-23-22(26-16-20(17(2)3)27-11-13-29-14-12-27)25-10-9-24-21(28)19-8-6-7-18(4)15-19;/h6-8,15,17,20H,5,9-14,16H2,1-4H3,(H,24,28)(H2,23,25,26);1H. The van der Waals surface area contributed by atoms with Gasteiger partial charge in [-0.1, -0.05) is 31.5 Å². The average molecular weight is 531 g/mol. The van der Waals surface area contributed by atoms with Crippen LogP contribution in [0.25, 0.3) is 0 Å². The minimum absolute atomic E-state index is 0. The number of morpholine rings is 1. The summed E-state index contributed by atoms with van der Waals surface area (Å²) < 4.78 is 5.48.